The Morgan fingerprint density at radius 3 is 3.00 bits per heavy atom. The lowest BCUT2D eigenvalue weighted by molar-refractivity contribution is 0.456. The van der Waals surface area contributed by atoms with E-state index in [0.717, 1.165) is 46.6 Å². The Morgan fingerprint density at radius 2 is 2.19 bits per heavy atom. The Bertz CT molecular complexity index is 649. The van der Waals surface area contributed by atoms with Crippen molar-refractivity contribution in [3.63, 3.8) is 0 Å². The molecule has 0 atom stereocenters. The molecular weight excluding hydrogens is 324 g/mol. The van der Waals surface area contributed by atoms with Crippen molar-refractivity contribution in [3.8, 4) is 0 Å². The van der Waals surface area contributed by atoms with E-state index in [2.05, 4.69) is 14.9 Å². The van der Waals surface area contributed by atoms with Gasteiger partial charge in [0.05, 0.1) is 15.2 Å². The van der Waals surface area contributed by atoms with E-state index in [1.54, 1.807) is 11.3 Å². The van der Waals surface area contributed by atoms with Crippen molar-refractivity contribution in [2.45, 2.75) is 6.42 Å². The summed E-state index contributed by atoms with van der Waals surface area (Å²) in [5.41, 5.74) is 7.01. The van der Waals surface area contributed by atoms with Gasteiger partial charge in [-0.2, -0.15) is 11.8 Å². The van der Waals surface area contributed by atoms with Gasteiger partial charge >= 0.3 is 0 Å². The quantitative estimate of drug-likeness (QED) is 0.689. The lowest BCUT2D eigenvalue weighted by Gasteiger charge is -2.27. The van der Waals surface area contributed by atoms with Crippen LogP contribution in [0.25, 0.3) is 10.2 Å². The highest BCUT2D eigenvalue weighted by atomic mass is 35.5. The summed E-state index contributed by atoms with van der Waals surface area (Å²) >= 11 is 9.64. The molecule has 0 saturated carbocycles. The number of aliphatic imine (C=N–C) groups is 1. The zero-order chi connectivity index (χ0) is 14.7. The highest BCUT2D eigenvalue weighted by Gasteiger charge is 2.12. The number of rotatable bonds is 3. The number of nitrogens with two attached hydrogens (primary N) is 1. The van der Waals surface area contributed by atoms with Gasteiger partial charge < -0.3 is 10.6 Å². The molecule has 0 amide bonds. The lowest BCUT2D eigenvalue weighted by Crippen LogP contribution is -2.42. The minimum absolute atomic E-state index is 0.666. The van der Waals surface area contributed by atoms with Crippen LogP contribution >= 0.6 is 34.7 Å². The van der Waals surface area contributed by atoms with E-state index in [4.69, 9.17) is 17.3 Å². The Labute approximate surface area is 137 Å². The molecule has 2 aromatic rings. The number of benzene rings is 1. The van der Waals surface area contributed by atoms with Crippen molar-refractivity contribution >= 4 is 50.9 Å². The van der Waals surface area contributed by atoms with Gasteiger partial charge in [0.15, 0.2) is 5.96 Å². The minimum Gasteiger partial charge on any atom is -0.370 e. The molecule has 1 aromatic heterocycles. The molecule has 4 nitrogen and oxygen atoms in total. The van der Waals surface area contributed by atoms with E-state index in [-0.39, 0.29) is 0 Å². The van der Waals surface area contributed by atoms with Gasteiger partial charge in [-0.25, -0.2) is 4.98 Å². The summed E-state index contributed by atoms with van der Waals surface area (Å²) in [5, 5.41) is 1.81. The Balaban J connectivity index is 1.60. The molecule has 112 valence electrons. The first kappa shape index (κ1) is 14.9. The molecule has 0 spiro atoms. The summed E-state index contributed by atoms with van der Waals surface area (Å²) in [7, 11) is 0. The molecule has 0 bridgehead atoms. The lowest BCUT2D eigenvalue weighted by atomic mass is 10.3. The average Bonchev–Trinajstić information content (AvgIpc) is 2.89. The van der Waals surface area contributed by atoms with Gasteiger partial charge in [0.1, 0.15) is 0 Å². The van der Waals surface area contributed by atoms with Crippen molar-refractivity contribution < 1.29 is 0 Å². The molecule has 0 aliphatic carbocycles. The van der Waals surface area contributed by atoms with Gasteiger partial charge in [-0.05, 0) is 18.2 Å². The predicted octanol–water partition coefficient (Wildman–Crippen LogP) is 2.86. The maximum atomic E-state index is 6.04. The fourth-order valence-electron chi connectivity index (χ4n) is 2.21. The minimum atomic E-state index is 0.666. The van der Waals surface area contributed by atoms with Gasteiger partial charge in [-0.3, -0.25) is 4.99 Å². The smallest absolute Gasteiger partial charge is 0.191 e. The van der Waals surface area contributed by atoms with Crippen molar-refractivity contribution in [2.75, 3.05) is 31.1 Å². The maximum absolute atomic E-state index is 6.04. The van der Waals surface area contributed by atoms with Gasteiger partial charge in [0.2, 0.25) is 0 Å². The van der Waals surface area contributed by atoms with Gasteiger partial charge in [-0.15, -0.1) is 11.3 Å². The van der Waals surface area contributed by atoms with Crippen LogP contribution in [0.1, 0.15) is 5.01 Å². The van der Waals surface area contributed by atoms with Gasteiger partial charge in [0, 0.05) is 42.6 Å². The standard InChI is InChI=1S/C14H17ClN4S2/c15-10-1-2-12-11(9-10)18-13(21-12)3-4-17-14(16)19-5-7-20-8-6-19/h1-2,9H,3-8H2,(H2,16,17). The van der Waals surface area contributed by atoms with Crippen LogP contribution in [0.4, 0.5) is 0 Å². The number of fused-ring (bicyclic) bond motifs is 1. The summed E-state index contributed by atoms with van der Waals surface area (Å²) in [6.07, 6.45) is 0.820. The molecule has 1 saturated heterocycles. The molecule has 1 aromatic carbocycles. The van der Waals surface area contributed by atoms with Crippen LogP contribution in [0.3, 0.4) is 0 Å². The molecule has 21 heavy (non-hydrogen) atoms. The van der Waals surface area contributed by atoms with E-state index in [9.17, 15) is 0 Å². The first-order valence-electron chi connectivity index (χ1n) is 6.90. The van der Waals surface area contributed by atoms with Crippen molar-refractivity contribution in [3.05, 3.63) is 28.2 Å². The monoisotopic (exact) mass is 340 g/mol. The summed E-state index contributed by atoms with van der Waals surface area (Å²) in [6.45, 7) is 2.68. The second-order valence-corrected chi connectivity index (χ2v) is 7.59. The second kappa shape index (κ2) is 6.85. The van der Waals surface area contributed by atoms with Crippen LogP contribution in [0.5, 0.6) is 0 Å². The topological polar surface area (TPSA) is 54.5 Å². The maximum Gasteiger partial charge on any atom is 0.191 e. The summed E-state index contributed by atoms with van der Waals surface area (Å²) in [5.74, 6) is 2.93. The molecule has 1 fully saturated rings. The zero-order valence-electron chi connectivity index (χ0n) is 11.6. The second-order valence-electron chi connectivity index (χ2n) is 4.81. The number of aromatic nitrogens is 1. The van der Waals surface area contributed by atoms with E-state index in [1.165, 1.54) is 4.70 Å². The summed E-state index contributed by atoms with van der Waals surface area (Å²) in [6, 6.07) is 5.82. The summed E-state index contributed by atoms with van der Waals surface area (Å²) < 4.78 is 1.17. The highest BCUT2D eigenvalue weighted by Crippen LogP contribution is 2.25. The van der Waals surface area contributed by atoms with Gasteiger partial charge in [-0.1, -0.05) is 11.6 Å². The van der Waals surface area contributed by atoms with Crippen molar-refractivity contribution in [1.82, 2.24) is 9.88 Å². The van der Waals surface area contributed by atoms with Crippen LogP contribution in [0.2, 0.25) is 5.02 Å². The molecular formula is C14H17ClN4S2. The van der Waals surface area contributed by atoms with Crippen LogP contribution in [0.15, 0.2) is 23.2 Å². The van der Waals surface area contributed by atoms with E-state index in [0.29, 0.717) is 12.5 Å². The average molecular weight is 341 g/mol. The fraction of sp³-hybridized carbons (Fsp3) is 0.429. The fourth-order valence-corrected chi connectivity index (χ4v) is 4.22. The highest BCUT2D eigenvalue weighted by molar-refractivity contribution is 7.99. The number of hydrogen-bond donors (Lipinski definition) is 1. The first-order valence-corrected chi connectivity index (χ1v) is 9.25. The van der Waals surface area contributed by atoms with Crippen molar-refractivity contribution in [1.29, 1.82) is 0 Å². The van der Waals surface area contributed by atoms with E-state index >= 15 is 0 Å². The normalized spacial score (nSPS) is 16.6. The third-order valence-corrected chi connectivity index (χ3v) is 5.60. The number of nitrogens with zero attached hydrogens (tertiary/aromatic N) is 3. The molecule has 3 rings (SSSR count). The van der Waals surface area contributed by atoms with Crippen LogP contribution in [-0.2, 0) is 6.42 Å². The van der Waals surface area contributed by atoms with E-state index < -0.39 is 0 Å². The number of hydrogen-bond acceptors (Lipinski definition) is 4. The molecule has 7 heteroatoms. The number of thiazole rings is 1. The molecule has 1 aliphatic heterocycles. The third kappa shape index (κ3) is 3.81. The molecule has 1 aliphatic rings. The molecule has 0 radical (unpaired) electrons. The van der Waals surface area contributed by atoms with Crippen molar-refractivity contribution in [2.24, 2.45) is 10.7 Å². The predicted molar refractivity (Wildman–Crippen MR) is 93.7 cm³/mol. The molecule has 2 heterocycles. The van der Waals surface area contributed by atoms with E-state index in [1.807, 2.05) is 30.0 Å². The van der Waals surface area contributed by atoms with Crippen LogP contribution in [0, 0.1) is 0 Å². The number of halogens is 1. The van der Waals surface area contributed by atoms with Crippen LogP contribution in [-0.4, -0.2) is 47.0 Å². The number of thioether (sulfide) groups is 1. The van der Waals surface area contributed by atoms with Gasteiger partial charge in [0.25, 0.3) is 0 Å². The molecule has 0 unspecified atom stereocenters. The largest absolute Gasteiger partial charge is 0.370 e. The Hall–Kier alpha value is -0.980. The Morgan fingerprint density at radius 1 is 1.38 bits per heavy atom. The molecule has 2 N–H and O–H groups in total. The first-order chi connectivity index (χ1) is 10.2. The SMILES string of the molecule is NC(=NCCc1nc2cc(Cl)ccc2s1)N1CCSCC1. The third-order valence-electron chi connectivity index (χ3n) is 3.33. The Kier molecular flexibility index (Phi) is 4.87. The zero-order valence-corrected chi connectivity index (χ0v) is 14.0. The number of guanidine groups is 1. The summed E-state index contributed by atoms with van der Waals surface area (Å²) in [4.78, 5) is 11.2. The van der Waals surface area contributed by atoms with Crippen LogP contribution < -0.4 is 5.73 Å².